The number of aromatic amines is 1. The first kappa shape index (κ1) is 14.6. The van der Waals surface area contributed by atoms with Crippen LogP contribution in [0.4, 0.5) is 4.39 Å². The lowest BCUT2D eigenvalue weighted by Gasteiger charge is -2.20. The third-order valence-electron chi connectivity index (χ3n) is 5.29. The third-order valence-corrected chi connectivity index (χ3v) is 5.29. The number of nitrogens with one attached hydrogen (secondary N) is 1. The van der Waals surface area contributed by atoms with E-state index < -0.39 is 0 Å². The fraction of sp³-hybridized carbons (Fsp3) is 0.300. The Morgan fingerprint density at radius 1 is 1.00 bits per heavy atom. The molecule has 25 heavy (non-hydrogen) atoms. The van der Waals surface area contributed by atoms with Gasteiger partial charge in [-0.05, 0) is 43.2 Å². The second-order valence-corrected chi connectivity index (χ2v) is 6.85. The van der Waals surface area contributed by atoms with Crippen molar-refractivity contribution in [3.8, 4) is 11.3 Å². The van der Waals surface area contributed by atoms with Gasteiger partial charge in [-0.1, -0.05) is 19.3 Å². The molecule has 0 unspecified atom stereocenters. The average molecular weight is 334 g/mol. The monoisotopic (exact) mass is 334 g/mol. The molecule has 1 aliphatic carbocycles. The van der Waals surface area contributed by atoms with Crippen LogP contribution >= 0.6 is 0 Å². The number of halogens is 1. The number of aromatic nitrogens is 4. The first-order chi connectivity index (χ1) is 12.3. The Kier molecular flexibility index (Phi) is 3.33. The molecule has 5 rings (SSSR count). The number of H-pyrrole nitrogens is 1. The maximum absolute atomic E-state index is 13.3. The Bertz CT molecular complexity index is 1040. The number of benzene rings is 1. The van der Waals surface area contributed by atoms with Crippen molar-refractivity contribution in [3.05, 3.63) is 54.4 Å². The van der Waals surface area contributed by atoms with Crippen molar-refractivity contribution >= 4 is 16.7 Å². The Balaban J connectivity index is 1.79. The normalized spacial score (nSPS) is 16.0. The minimum atomic E-state index is -0.231. The molecule has 0 bridgehead atoms. The van der Waals surface area contributed by atoms with E-state index in [2.05, 4.69) is 20.4 Å². The van der Waals surface area contributed by atoms with Gasteiger partial charge in [0.05, 0.1) is 22.9 Å². The van der Waals surface area contributed by atoms with Crippen LogP contribution in [0.25, 0.3) is 27.9 Å². The number of fused-ring (bicyclic) bond motifs is 3. The summed E-state index contributed by atoms with van der Waals surface area (Å²) in [5.41, 5.74) is 4.72. The maximum atomic E-state index is 13.3. The van der Waals surface area contributed by atoms with Crippen LogP contribution in [0.15, 0.2) is 42.7 Å². The largest absolute Gasteiger partial charge is 0.345 e. The molecule has 1 aliphatic rings. The summed E-state index contributed by atoms with van der Waals surface area (Å²) in [6, 6.07) is 8.62. The van der Waals surface area contributed by atoms with Crippen molar-refractivity contribution in [2.24, 2.45) is 0 Å². The molecule has 0 radical (unpaired) electrons. The van der Waals surface area contributed by atoms with Gasteiger partial charge in [-0.2, -0.15) is 0 Å². The Morgan fingerprint density at radius 3 is 2.60 bits per heavy atom. The lowest BCUT2D eigenvalue weighted by atomic mass is 9.89. The van der Waals surface area contributed by atoms with Crippen LogP contribution in [0.3, 0.4) is 0 Å². The fourth-order valence-electron chi connectivity index (χ4n) is 4.04. The van der Waals surface area contributed by atoms with Crippen molar-refractivity contribution in [1.29, 1.82) is 0 Å². The van der Waals surface area contributed by atoms with Gasteiger partial charge >= 0.3 is 0 Å². The number of nitrogens with zero attached hydrogens (tertiary/aromatic N) is 3. The molecule has 0 saturated heterocycles. The molecular weight excluding hydrogens is 315 g/mol. The number of rotatable bonds is 2. The highest BCUT2D eigenvalue weighted by Crippen LogP contribution is 2.36. The van der Waals surface area contributed by atoms with Crippen molar-refractivity contribution in [1.82, 2.24) is 19.4 Å². The zero-order valence-electron chi connectivity index (χ0n) is 13.9. The molecule has 126 valence electrons. The molecule has 0 amide bonds. The minimum absolute atomic E-state index is 0.231. The van der Waals surface area contributed by atoms with Crippen LogP contribution in [0, 0.1) is 5.82 Å². The molecule has 5 heteroatoms. The van der Waals surface area contributed by atoms with Crippen LogP contribution < -0.4 is 0 Å². The molecule has 1 fully saturated rings. The average Bonchev–Trinajstić information content (AvgIpc) is 3.27. The summed E-state index contributed by atoms with van der Waals surface area (Å²) in [5.74, 6) is 1.35. The summed E-state index contributed by atoms with van der Waals surface area (Å²) in [6.07, 6.45) is 9.97. The van der Waals surface area contributed by atoms with E-state index in [1.165, 1.54) is 44.2 Å². The van der Waals surface area contributed by atoms with E-state index in [1.807, 2.05) is 12.4 Å². The molecule has 1 saturated carbocycles. The molecule has 0 atom stereocenters. The van der Waals surface area contributed by atoms with E-state index >= 15 is 0 Å². The molecule has 0 aliphatic heterocycles. The second kappa shape index (κ2) is 5.69. The molecule has 3 aromatic heterocycles. The summed E-state index contributed by atoms with van der Waals surface area (Å²) in [7, 11) is 0. The van der Waals surface area contributed by atoms with E-state index in [4.69, 9.17) is 4.98 Å². The van der Waals surface area contributed by atoms with Gasteiger partial charge in [0.25, 0.3) is 0 Å². The van der Waals surface area contributed by atoms with Gasteiger partial charge in [-0.3, -0.25) is 4.40 Å². The standard InChI is InChI=1S/C20H19FN4/c21-15-8-6-13(7-9-15)18-17-12-23-19-16(10-11-22-19)25(17)20(24-18)14-4-2-1-3-5-14/h6-12,14,22H,1-5H2. The number of imidazole rings is 1. The number of hydrogen-bond donors (Lipinski definition) is 1. The van der Waals surface area contributed by atoms with Crippen LogP contribution in [0.5, 0.6) is 0 Å². The van der Waals surface area contributed by atoms with Crippen molar-refractivity contribution in [3.63, 3.8) is 0 Å². The lowest BCUT2D eigenvalue weighted by molar-refractivity contribution is 0.429. The molecule has 1 N–H and O–H groups in total. The topological polar surface area (TPSA) is 46.0 Å². The highest BCUT2D eigenvalue weighted by molar-refractivity contribution is 5.84. The highest BCUT2D eigenvalue weighted by Gasteiger charge is 2.24. The Labute approximate surface area is 144 Å². The zero-order valence-corrected chi connectivity index (χ0v) is 13.9. The second-order valence-electron chi connectivity index (χ2n) is 6.85. The molecule has 4 aromatic rings. The van der Waals surface area contributed by atoms with E-state index in [9.17, 15) is 4.39 Å². The zero-order chi connectivity index (χ0) is 16.8. The van der Waals surface area contributed by atoms with Crippen LogP contribution in [-0.4, -0.2) is 19.4 Å². The summed E-state index contributed by atoms with van der Waals surface area (Å²) in [4.78, 5) is 12.8. The molecule has 3 heterocycles. The fourth-order valence-corrected chi connectivity index (χ4v) is 4.04. The summed E-state index contributed by atoms with van der Waals surface area (Å²) in [5, 5.41) is 0. The Hall–Kier alpha value is -2.69. The Morgan fingerprint density at radius 2 is 1.80 bits per heavy atom. The van der Waals surface area contributed by atoms with Gasteiger partial charge < -0.3 is 4.98 Å². The predicted molar refractivity (Wildman–Crippen MR) is 96.1 cm³/mol. The first-order valence-corrected chi connectivity index (χ1v) is 8.91. The van der Waals surface area contributed by atoms with Gasteiger partial charge in [0.15, 0.2) is 5.65 Å². The predicted octanol–water partition coefficient (Wildman–Crippen LogP) is 5.06. The van der Waals surface area contributed by atoms with Gasteiger partial charge in [-0.15, -0.1) is 0 Å². The highest BCUT2D eigenvalue weighted by atomic mass is 19.1. The van der Waals surface area contributed by atoms with Crippen LogP contribution in [0.2, 0.25) is 0 Å². The van der Waals surface area contributed by atoms with Crippen molar-refractivity contribution < 1.29 is 4.39 Å². The van der Waals surface area contributed by atoms with Crippen molar-refractivity contribution in [2.75, 3.05) is 0 Å². The summed E-state index contributed by atoms with van der Waals surface area (Å²) < 4.78 is 15.6. The SMILES string of the molecule is Fc1ccc(-c2nc(C3CCCCC3)n3c2cnc2[nH]ccc23)cc1. The van der Waals surface area contributed by atoms with Gasteiger partial charge in [-0.25, -0.2) is 14.4 Å². The maximum Gasteiger partial charge on any atom is 0.154 e. The third kappa shape index (κ3) is 2.34. The van der Waals surface area contributed by atoms with Gasteiger partial charge in [0, 0.05) is 17.7 Å². The number of hydrogen-bond acceptors (Lipinski definition) is 2. The van der Waals surface area contributed by atoms with E-state index in [-0.39, 0.29) is 5.82 Å². The lowest BCUT2D eigenvalue weighted by Crippen LogP contribution is -2.09. The van der Waals surface area contributed by atoms with Gasteiger partial charge in [0.1, 0.15) is 11.6 Å². The molecule has 0 spiro atoms. The minimum Gasteiger partial charge on any atom is -0.345 e. The van der Waals surface area contributed by atoms with Crippen molar-refractivity contribution in [2.45, 2.75) is 38.0 Å². The van der Waals surface area contributed by atoms with E-state index in [1.54, 1.807) is 12.1 Å². The van der Waals surface area contributed by atoms with E-state index in [0.717, 1.165) is 33.8 Å². The van der Waals surface area contributed by atoms with Crippen LogP contribution in [0.1, 0.15) is 43.8 Å². The molecule has 4 nitrogen and oxygen atoms in total. The van der Waals surface area contributed by atoms with Gasteiger partial charge in [0.2, 0.25) is 0 Å². The van der Waals surface area contributed by atoms with E-state index in [0.29, 0.717) is 5.92 Å². The molecule has 1 aromatic carbocycles. The quantitative estimate of drug-likeness (QED) is 0.556. The summed E-state index contributed by atoms with van der Waals surface area (Å²) in [6.45, 7) is 0. The smallest absolute Gasteiger partial charge is 0.154 e. The summed E-state index contributed by atoms with van der Waals surface area (Å²) >= 11 is 0. The van der Waals surface area contributed by atoms with Crippen LogP contribution in [-0.2, 0) is 0 Å². The first-order valence-electron chi connectivity index (χ1n) is 8.91. The molecular formula is C20H19FN4.